The fourth-order valence-corrected chi connectivity index (χ4v) is 2.70. The van der Waals surface area contributed by atoms with E-state index >= 15 is 0 Å². The van der Waals surface area contributed by atoms with E-state index in [4.69, 9.17) is 0 Å². The molecule has 1 aromatic carbocycles. The number of nitrogens with one attached hydrogen (secondary N) is 1. The molecule has 106 valence electrons. The molecule has 1 fully saturated rings. The van der Waals surface area contributed by atoms with Crippen LogP contribution in [-0.4, -0.2) is 30.6 Å². The number of benzene rings is 1. The summed E-state index contributed by atoms with van der Waals surface area (Å²) < 4.78 is 13.2. The molecular weight excluding hydrogens is 239 g/mol. The van der Waals surface area contributed by atoms with Crippen molar-refractivity contribution in [2.45, 2.75) is 45.7 Å². The number of halogens is 1. The van der Waals surface area contributed by atoms with Crippen molar-refractivity contribution < 1.29 is 4.39 Å². The van der Waals surface area contributed by atoms with Gasteiger partial charge in [-0.25, -0.2) is 4.39 Å². The Morgan fingerprint density at radius 3 is 2.68 bits per heavy atom. The van der Waals surface area contributed by atoms with Crippen LogP contribution in [0.25, 0.3) is 0 Å². The van der Waals surface area contributed by atoms with E-state index in [-0.39, 0.29) is 5.82 Å². The summed E-state index contributed by atoms with van der Waals surface area (Å²) in [6.07, 6.45) is 4.06. The monoisotopic (exact) mass is 264 g/mol. The van der Waals surface area contributed by atoms with Crippen LogP contribution in [-0.2, 0) is 6.54 Å². The van der Waals surface area contributed by atoms with Crippen LogP contribution >= 0.6 is 0 Å². The summed E-state index contributed by atoms with van der Waals surface area (Å²) in [4.78, 5) is 2.54. The third-order valence-corrected chi connectivity index (χ3v) is 3.86. The molecule has 2 nitrogen and oxygen atoms in total. The van der Waals surface area contributed by atoms with Crippen LogP contribution in [0, 0.1) is 12.7 Å². The van der Waals surface area contributed by atoms with E-state index < -0.39 is 0 Å². The molecular formula is C16H25FN2. The number of hydrogen-bond acceptors (Lipinski definition) is 2. The highest BCUT2D eigenvalue weighted by atomic mass is 19.1. The lowest BCUT2D eigenvalue weighted by Gasteiger charge is -2.29. The minimum Gasteiger partial charge on any atom is -0.309 e. The smallest absolute Gasteiger partial charge is 0.126 e. The van der Waals surface area contributed by atoms with Gasteiger partial charge < -0.3 is 10.2 Å². The summed E-state index contributed by atoms with van der Waals surface area (Å²) >= 11 is 0. The molecule has 2 rings (SSSR count). The minimum atomic E-state index is -0.120. The van der Waals surface area contributed by atoms with Gasteiger partial charge >= 0.3 is 0 Å². The number of nitrogens with zero attached hydrogens (tertiary/aromatic N) is 1. The molecule has 0 saturated carbocycles. The van der Waals surface area contributed by atoms with Crippen molar-refractivity contribution in [2.75, 3.05) is 19.6 Å². The Morgan fingerprint density at radius 1 is 1.26 bits per heavy atom. The van der Waals surface area contributed by atoms with Crippen LogP contribution in [0.4, 0.5) is 4.39 Å². The van der Waals surface area contributed by atoms with E-state index in [1.54, 1.807) is 6.07 Å². The van der Waals surface area contributed by atoms with Crippen molar-refractivity contribution in [2.24, 2.45) is 0 Å². The van der Waals surface area contributed by atoms with Gasteiger partial charge in [-0.15, -0.1) is 0 Å². The first kappa shape index (κ1) is 14.5. The average molecular weight is 264 g/mol. The second kappa shape index (κ2) is 7.01. The molecule has 0 radical (unpaired) electrons. The third kappa shape index (κ3) is 4.59. The molecule has 1 atom stereocenters. The van der Waals surface area contributed by atoms with Gasteiger partial charge in [-0.2, -0.15) is 0 Å². The Kier molecular flexibility index (Phi) is 5.34. The van der Waals surface area contributed by atoms with Gasteiger partial charge in [0.15, 0.2) is 0 Å². The SMILES string of the molecule is Cc1cc(CNC(C)CN2CCCCC2)ccc1F. The maximum atomic E-state index is 13.2. The highest BCUT2D eigenvalue weighted by Crippen LogP contribution is 2.11. The van der Waals surface area contributed by atoms with Crippen molar-refractivity contribution in [1.82, 2.24) is 10.2 Å². The topological polar surface area (TPSA) is 15.3 Å². The first-order valence-electron chi connectivity index (χ1n) is 7.36. The van der Waals surface area contributed by atoms with Crippen LogP contribution in [0.1, 0.15) is 37.3 Å². The molecule has 3 heteroatoms. The van der Waals surface area contributed by atoms with Crippen LogP contribution in [0.2, 0.25) is 0 Å². The molecule has 19 heavy (non-hydrogen) atoms. The van der Waals surface area contributed by atoms with E-state index in [2.05, 4.69) is 17.1 Å². The molecule has 1 aliphatic heterocycles. The Bertz CT molecular complexity index is 400. The highest BCUT2D eigenvalue weighted by molar-refractivity contribution is 5.23. The largest absolute Gasteiger partial charge is 0.309 e. The Balaban J connectivity index is 1.75. The van der Waals surface area contributed by atoms with Gasteiger partial charge in [0.2, 0.25) is 0 Å². The van der Waals surface area contributed by atoms with E-state index in [1.165, 1.54) is 32.4 Å². The molecule has 0 spiro atoms. The van der Waals surface area contributed by atoms with E-state index in [1.807, 2.05) is 19.1 Å². The predicted molar refractivity (Wildman–Crippen MR) is 77.7 cm³/mol. The lowest BCUT2D eigenvalue weighted by molar-refractivity contribution is 0.209. The minimum absolute atomic E-state index is 0.120. The first-order chi connectivity index (χ1) is 9.15. The predicted octanol–water partition coefficient (Wildman–Crippen LogP) is 3.10. The van der Waals surface area contributed by atoms with Crippen LogP contribution < -0.4 is 5.32 Å². The molecule has 0 bridgehead atoms. The number of likely N-dealkylation sites (tertiary alicyclic amines) is 1. The van der Waals surface area contributed by atoms with Gasteiger partial charge in [-0.3, -0.25) is 0 Å². The van der Waals surface area contributed by atoms with Gasteiger partial charge in [0.1, 0.15) is 5.82 Å². The Hall–Kier alpha value is -0.930. The van der Waals surface area contributed by atoms with Crippen LogP contribution in [0.15, 0.2) is 18.2 Å². The van der Waals surface area contributed by atoms with Crippen molar-refractivity contribution in [3.05, 3.63) is 35.1 Å². The zero-order chi connectivity index (χ0) is 13.7. The lowest BCUT2D eigenvalue weighted by Crippen LogP contribution is -2.41. The average Bonchev–Trinajstić information content (AvgIpc) is 2.41. The highest BCUT2D eigenvalue weighted by Gasteiger charge is 2.13. The summed E-state index contributed by atoms with van der Waals surface area (Å²) in [6.45, 7) is 8.45. The molecule has 1 aromatic rings. The van der Waals surface area contributed by atoms with Gasteiger partial charge in [-0.05, 0) is 57.0 Å². The van der Waals surface area contributed by atoms with Gasteiger partial charge in [0.05, 0.1) is 0 Å². The van der Waals surface area contributed by atoms with Crippen LogP contribution in [0.3, 0.4) is 0 Å². The van der Waals surface area contributed by atoms with Crippen molar-refractivity contribution in [3.8, 4) is 0 Å². The second-order valence-electron chi connectivity index (χ2n) is 5.73. The molecule has 0 aromatic heterocycles. The van der Waals surface area contributed by atoms with E-state index in [0.717, 1.165) is 24.2 Å². The summed E-state index contributed by atoms with van der Waals surface area (Å²) in [5.74, 6) is -0.120. The maximum Gasteiger partial charge on any atom is 0.126 e. The molecule has 0 amide bonds. The second-order valence-corrected chi connectivity index (χ2v) is 5.73. The normalized spacial score (nSPS) is 18.5. The molecule has 1 N–H and O–H groups in total. The Labute approximate surface area is 116 Å². The summed E-state index contributed by atoms with van der Waals surface area (Å²) in [6, 6.07) is 5.82. The summed E-state index contributed by atoms with van der Waals surface area (Å²) in [5, 5.41) is 3.53. The summed E-state index contributed by atoms with van der Waals surface area (Å²) in [7, 11) is 0. The zero-order valence-electron chi connectivity index (χ0n) is 12.1. The fraction of sp³-hybridized carbons (Fsp3) is 0.625. The quantitative estimate of drug-likeness (QED) is 0.879. The Morgan fingerprint density at radius 2 is 2.00 bits per heavy atom. The fourth-order valence-electron chi connectivity index (χ4n) is 2.70. The van der Waals surface area contributed by atoms with Crippen molar-refractivity contribution >= 4 is 0 Å². The number of rotatable bonds is 5. The standard InChI is InChI=1S/C16H25FN2/c1-13-10-15(6-7-16(13)17)11-18-14(2)12-19-8-4-3-5-9-19/h6-7,10,14,18H,3-5,8-9,11-12H2,1-2H3. The van der Waals surface area contributed by atoms with Crippen molar-refractivity contribution in [1.29, 1.82) is 0 Å². The number of piperidine rings is 1. The molecule has 1 saturated heterocycles. The lowest BCUT2D eigenvalue weighted by atomic mass is 10.1. The van der Waals surface area contributed by atoms with Gasteiger partial charge in [-0.1, -0.05) is 18.6 Å². The molecule has 1 unspecified atom stereocenters. The van der Waals surface area contributed by atoms with Gasteiger partial charge in [0.25, 0.3) is 0 Å². The third-order valence-electron chi connectivity index (χ3n) is 3.86. The number of hydrogen-bond donors (Lipinski definition) is 1. The maximum absolute atomic E-state index is 13.2. The van der Waals surface area contributed by atoms with E-state index in [0.29, 0.717) is 6.04 Å². The van der Waals surface area contributed by atoms with Crippen molar-refractivity contribution in [3.63, 3.8) is 0 Å². The zero-order valence-corrected chi connectivity index (χ0v) is 12.1. The first-order valence-corrected chi connectivity index (χ1v) is 7.36. The number of aryl methyl sites for hydroxylation is 1. The van der Waals surface area contributed by atoms with Gasteiger partial charge in [0, 0.05) is 19.1 Å². The summed E-state index contributed by atoms with van der Waals surface area (Å²) in [5.41, 5.74) is 1.88. The van der Waals surface area contributed by atoms with E-state index in [9.17, 15) is 4.39 Å². The molecule has 1 heterocycles. The van der Waals surface area contributed by atoms with Crippen LogP contribution in [0.5, 0.6) is 0 Å². The molecule has 1 aliphatic rings. The molecule has 0 aliphatic carbocycles.